The van der Waals surface area contributed by atoms with E-state index in [1.54, 1.807) is 6.20 Å². The standard InChI is InChI=1S/C15H19N3/c1-12-4-3-5-13(8-12)11-18(2)15-10-17-7-6-14(15)9-16/h3-8,10H,9,11,16H2,1-2H3. The number of pyridine rings is 1. The van der Waals surface area contributed by atoms with Crippen molar-refractivity contribution in [3.05, 3.63) is 59.4 Å². The summed E-state index contributed by atoms with van der Waals surface area (Å²) in [5, 5.41) is 0. The highest BCUT2D eigenvalue weighted by Gasteiger charge is 2.07. The molecule has 0 atom stereocenters. The monoisotopic (exact) mass is 241 g/mol. The zero-order valence-electron chi connectivity index (χ0n) is 10.9. The van der Waals surface area contributed by atoms with Crippen molar-refractivity contribution >= 4 is 5.69 Å². The van der Waals surface area contributed by atoms with Crippen molar-refractivity contribution in [3.8, 4) is 0 Å². The van der Waals surface area contributed by atoms with Crippen molar-refractivity contribution in [1.82, 2.24) is 4.98 Å². The molecule has 2 N–H and O–H groups in total. The fourth-order valence-corrected chi connectivity index (χ4v) is 2.10. The summed E-state index contributed by atoms with van der Waals surface area (Å²) in [4.78, 5) is 6.36. The summed E-state index contributed by atoms with van der Waals surface area (Å²) in [6.07, 6.45) is 3.66. The lowest BCUT2D eigenvalue weighted by molar-refractivity contribution is 0.896. The average Bonchev–Trinajstić information content (AvgIpc) is 2.38. The normalized spacial score (nSPS) is 10.4. The van der Waals surface area contributed by atoms with E-state index in [1.165, 1.54) is 11.1 Å². The van der Waals surface area contributed by atoms with Crippen LogP contribution in [0.15, 0.2) is 42.7 Å². The minimum Gasteiger partial charge on any atom is -0.369 e. The SMILES string of the molecule is Cc1cccc(CN(C)c2cnccc2CN)c1. The number of nitrogens with two attached hydrogens (primary N) is 1. The van der Waals surface area contributed by atoms with E-state index in [0.717, 1.165) is 17.8 Å². The van der Waals surface area contributed by atoms with Gasteiger partial charge in [0.05, 0.1) is 11.9 Å². The highest BCUT2D eigenvalue weighted by Crippen LogP contribution is 2.19. The van der Waals surface area contributed by atoms with Crippen LogP contribution in [0.25, 0.3) is 0 Å². The first-order chi connectivity index (χ1) is 8.70. The molecule has 0 saturated carbocycles. The minimum atomic E-state index is 0.538. The summed E-state index contributed by atoms with van der Waals surface area (Å²) >= 11 is 0. The molecule has 18 heavy (non-hydrogen) atoms. The van der Waals surface area contributed by atoms with Gasteiger partial charge in [0.1, 0.15) is 0 Å². The van der Waals surface area contributed by atoms with Crippen molar-refractivity contribution < 1.29 is 0 Å². The lowest BCUT2D eigenvalue weighted by atomic mass is 10.1. The van der Waals surface area contributed by atoms with Crippen molar-refractivity contribution in [3.63, 3.8) is 0 Å². The first-order valence-electron chi connectivity index (χ1n) is 6.10. The Labute approximate surface area is 108 Å². The molecule has 0 aliphatic heterocycles. The predicted octanol–water partition coefficient (Wildman–Crippen LogP) is 2.49. The van der Waals surface area contributed by atoms with E-state index >= 15 is 0 Å². The molecule has 1 heterocycles. The van der Waals surface area contributed by atoms with Gasteiger partial charge in [0.25, 0.3) is 0 Å². The second-order valence-electron chi connectivity index (χ2n) is 4.55. The number of aromatic nitrogens is 1. The van der Waals surface area contributed by atoms with Crippen molar-refractivity contribution in [2.75, 3.05) is 11.9 Å². The summed E-state index contributed by atoms with van der Waals surface area (Å²) in [5.74, 6) is 0. The van der Waals surface area contributed by atoms with Gasteiger partial charge in [-0.25, -0.2) is 0 Å². The fraction of sp³-hybridized carbons (Fsp3) is 0.267. The van der Waals surface area contributed by atoms with Crippen LogP contribution in [0.2, 0.25) is 0 Å². The van der Waals surface area contributed by atoms with E-state index in [9.17, 15) is 0 Å². The summed E-state index contributed by atoms with van der Waals surface area (Å²) < 4.78 is 0. The third-order valence-corrected chi connectivity index (χ3v) is 3.02. The minimum absolute atomic E-state index is 0.538. The topological polar surface area (TPSA) is 42.2 Å². The van der Waals surface area contributed by atoms with Gasteiger partial charge < -0.3 is 10.6 Å². The molecule has 0 unspecified atom stereocenters. The largest absolute Gasteiger partial charge is 0.369 e. The van der Waals surface area contributed by atoms with Gasteiger partial charge in [0.2, 0.25) is 0 Å². The van der Waals surface area contributed by atoms with Crippen LogP contribution in [0.1, 0.15) is 16.7 Å². The van der Waals surface area contributed by atoms with Crippen LogP contribution < -0.4 is 10.6 Å². The van der Waals surface area contributed by atoms with Crippen LogP contribution in [0, 0.1) is 6.92 Å². The number of hydrogen-bond donors (Lipinski definition) is 1. The molecule has 0 amide bonds. The third kappa shape index (κ3) is 2.87. The molecule has 94 valence electrons. The van der Waals surface area contributed by atoms with Gasteiger partial charge in [0.15, 0.2) is 0 Å². The Kier molecular flexibility index (Phi) is 3.95. The zero-order valence-corrected chi connectivity index (χ0v) is 10.9. The van der Waals surface area contributed by atoms with Gasteiger partial charge in [-0.1, -0.05) is 29.8 Å². The number of nitrogens with zero attached hydrogens (tertiary/aromatic N) is 2. The van der Waals surface area contributed by atoms with Gasteiger partial charge in [-0.2, -0.15) is 0 Å². The molecule has 1 aromatic heterocycles. The van der Waals surface area contributed by atoms with E-state index in [-0.39, 0.29) is 0 Å². The van der Waals surface area contributed by atoms with Crippen LogP contribution in [0.5, 0.6) is 0 Å². The fourth-order valence-electron chi connectivity index (χ4n) is 2.10. The van der Waals surface area contributed by atoms with Gasteiger partial charge >= 0.3 is 0 Å². The van der Waals surface area contributed by atoms with Crippen LogP contribution >= 0.6 is 0 Å². The maximum atomic E-state index is 5.75. The maximum absolute atomic E-state index is 5.75. The molecule has 2 rings (SSSR count). The van der Waals surface area contributed by atoms with Crippen molar-refractivity contribution in [2.45, 2.75) is 20.0 Å². The van der Waals surface area contributed by atoms with Crippen LogP contribution in [-0.2, 0) is 13.1 Å². The number of aryl methyl sites for hydroxylation is 1. The Bertz CT molecular complexity index is 523. The molecular weight excluding hydrogens is 222 g/mol. The predicted molar refractivity (Wildman–Crippen MR) is 75.4 cm³/mol. The summed E-state index contributed by atoms with van der Waals surface area (Å²) in [6.45, 7) is 3.51. The first-order valence-corrected chi connectivity index (χ1v) is 6.10. The van der Waals surface area contributed by atoms with Gasteiger partial charge in [-0.15, -0.1) is 0 Å². The molecular formula is C15H19N3. The molecule has 3 nitrogen and oxygen atoms in total. The van der Waals surface area contributed by atoms with Gasteiger partial charge in [0, 0.05) is 26.3 Å². The zero-order chi connectivity index (χ0) is 13.0. The quantitative estimate of drug-likeness (QED) is 0.894. The second kappa shape index (κ2) is 5.65. The Morgan fingerprint density at radius 3 is 2.83 bits per heavy atom. The smallest absolute Gasteiger partial charge is 0.0598 e. The summed E-state index contributed by atoms with van der Waals surface area (Å²) in [7, 11) is 2.07. The highest BCUT2D eigenvalue weighted by atomic mass is 15.1. The number of rotatable bonds is 4. The lowest BCUT2D eigenvalue weighted by Crippen LogP contribution is -2.19. The summed E-state index contributed by atoms with van der Waals surface area (Å²) in [6, 6.07) is 10.5. The van der Waals surface area contributed by atoms with E-state index in [0.29, 0.717) is 6.54 Å². The van der Waals surface area contributed by atoms with Crippen molar-refractivity contribution in [1.29, 1.82) is 0 Å². The van der Waals surface area contributed by atoms with Crippen molar-refractivity contribution in [2.24, 2.45) is 5.73 Å². The number of benzene rings is 1. The van der Waals surface area contributed by atoms with Gasteiger partial charge in [-0.3, -0.25) is 4.98 Å². The Hall–Kier alpha value is -1.87. The van der Waals surface area contributed by atoms with Crippen LogP contribution in [-0.4, -0.2) is 12.0 Å². The maximum Gasteiger partial charge on any atom is 0.0598 e. The molecule has 0 aliphatic rings. The lowest BCUT2D eigenvalue weighted by Gasteiger charge is -2.21. The van der Waals surface area contributed by atoms with Crippen LogP contribution in [0.3, 0.4) is 0 Å². The molecule has 2 aromatic rings. The molecule has 0 bridgehead atoms. The van der Waals surface area contributed by atoms with E-state index in [1.807, 2.05) is 12.3 Å². The third-order valence-electron chi connectivity index (χ3n) is 3.02. The van der Waals surface area contributed by atoms with E-state index in [4.69, 9.17) is 5.73 Å². The number of hydrogen-bond acceptors (Lipinski definition) is 3. The first kappa shape index (κ1) is 12.6. The molecule has 3 heteroatoms. The number of anilines is 1. The van der Waals surface area contributed by atoms with Crippen LogP contribution in [0.4, 0.5) is 5.69 Å². The average molecular weight is 241 g/mol. The van der Waals surface area contributed by atoms with Gasteiger partial charge in [-0.05, 0) is 24.1 Å². The molecule has 0 spiro atoms. The molecule has 1 aromatic carbocycles. The Morgan fingerprint density at radius 1 is 1.28 bits per heavy atom. The molecule has 0 fully saturated rings. The molecule has 0 aliphatic carbocycles. The summed E-state index contributed by atoms with van der Waals surface area (Å²) in [5.41, 5.74) is 10.6. The van der Waals surface area contributed by atoms with E-state index < -0.39 is 0 Å². The second-order valence-corrected chi connectivity index (χ2v) is 4.55. The highest BCUT2D eigenvalue weighted by molar-refractivity contribution is 5.51. The van der Waals surface area contributed by atoms with E-state index in [2.05, 4.69) is 48.1 Å². The Morgan fingerprint density at radius 2 is 2.11 bits per heavy atom. The molecule has 0 saturated heterocycles. The Balaban J connectivity index is 2.19. The molecule has 0 radical (unpaired) electrons.